The molecule has 2 heterocycles. The summed E-state index contributed by atoms with van der Waals surface area (Å²) in [7, 11) is 0. The maximum absolute atomic E-state index is 13.2. The van der Waals surface area contributed by atoms with Crippen molar-refractivity contribution >= 4 is 11.8 Å². The van der Waals surface area contributed by atoms with Gasteiger partial charge >= 0.3 is 0 Å². The molecule has 0 radical (unpaired) electrons. The molecule has 3 rings (SSSR count). The SMILES string of the molecule is CC(C)c1cnc(CN2C(=O)c3ccc(F)cc3C2=O)o1. The van der Waals surface area contributed by atoms with E-state index in [2.05, 4.69) is 4.98 Å². The van der Waals surface area contributed by atoms with Gasteiger partial charge in [0.15, 0.2) is 0 Å². The summed E-state index contributed by atoms with van der Waals surface area (Å²) in [5.41, 5.74) is 0.285. The van der Waals surface area contributed by atoms with Gasteiger partial charge in [-0.1, -0.05) is 13.8 Å². The van der Waals surface area contributed by atoms with Crippen molar-refractivity contribution in [2.75, 3.05) is 0 Å². The zero-order valence-electron chi connectivity index (χ0n) is 11.6. The number of aromatic nitrogens is 1. The standard InChI is InChI=1S/C15H13FN2O3/c1-8(2)12-6-17-13(21-12)7-18-14(19)10-4-3-9(16)5-11(10)15(18)20/h3-6,8H,7H2,1-2H3. The van der Waals surface area contributed by atoms with Gasteiger partial charge in [0.25, 0.3) is 11.8 Å². The first kappa shape index (κ1) is 13.5. The first-order valence-corrected chi connectivity index (χ1v) is 6.57. The van der Waals surface area contributed by atoms with Crippen molar-refractivity contribution in [1.82, 2.24) is 9.88 Å². The van der Waals surface area contributed by atoms with E-state index in [0.717, 1.165) is 17.0 Å². The molecule has 0 spiro atoms. The minimum Gasteiger partial charge on any atom is -0.443 e. The van der Waals surface area contributed by atoms with Crippen LogP contribution in [0.15, 0.2) is 28.8 Å². The van der Waals surface area contributed by atoms with Gasteiger partial charge in [0.05, 0.1) is 17.3 Å². The second kappa shape index (κ2) is 4.80. The molecule has 0 atom stereocenters. The van der Waals surface area contributed by atoms with Crippen LogP contribution in [-0.2, 0) is 6.54 Å². The minimum absolute atomic E-state index is 0.0549. The maximum Gasteiger partial charge on any atom is 0.262 e. The van der Waals surface area contributed by atoms with Gasteiger partial charge in [-0.2, -0.15) is 0 Å². The number of rotatable bonds is 3. The average molecular weight is 288 g/mol. The Hall–Kier alpha value is -2.50. The van der Waals surface area contributed by atoms with Gasteiger partial charge in [0, 0.05) is 5.92 Å². The number of amides is 2. The Bertz CT molecular complexity index is 736. The Kier molecular flexibility index (Phi) is 3.08. The number of hydrogen-bond donors (Lipinski definition) is 0. The molecule has 1 aromatic heterocycles. The van der Waals surface area contributed by atoms with Crippen LogP contribution in [0.2, 0.25) is 0 Å². The highest BCUT2D eigenvalue weighted by atomic mass is 19.1. The van der Waals surface area contributed by atoms with Crippen LogP contribution in [0.4, 0.5) is 4.39 Å². The molecule has 5 nitrogen and oxygen atoms in total. The summed E-state index contributed by atoms with van der Waals surface area (Å²) in [6.45, 7) is 3.85. The van der Waals surface area contributed by atoms with E-state index in [9.17, 15) is 14.0 Å². The third kappa shape index (κ3) is 2.22. The fraction of sp³-hybridized carbons (Fsp3) is 0.267. The highest BCUT2D eigenvalue weighted by Crippen LogP contribution is 2.25. The van der Waals surface area contributed by atoms with Crippen molar-refractivity contribution in [3.63, 3.8) is 0 Å². The van der Waals surface area contributed by atoms with Crippen LogP contribution in [0.3, 0.4) is 0 Å². The lowest BCUT2D eigenvalue weighted by molar-refractivity contribution is 0.0627. The number of carbonyl (C=O) groups excluding carboxylic acids is 2. The molecule has 1 aliphatic heterocycles. The lowest BCUT2D eigenvalue weighted by atomic mass is 10.1. The van der Waals surface area contributed by atoms with Crippen molar-refractivity contribution in [2.45, 2.75) is 26.3 Å². The number of halogens is 1. The Morgan fingerprint density at radius 2 is 1.95 bits per heavy atom. The third-order valence-electron chi connectivity index (χ3n) is 3.37. The molecule has 0 saturated heterocycles. The molecule has 1 aliphatic rings. The monoisotopic (exact) mass is 288 g/mol. The molecule has 0 saturated carbocycles. The summed E-state index contributed by atoms with van der Waals surface area (Å²) in [5.74, 6) is -0.392. The van der Waals surface area contributed by atoms with E-state index in [-0.39, 0.29) is 29.5 Å². The number of fused-ring (bicyclic) bond motifs is 1. The highest BCUT2D eigenvalue weighted by molar-refractivity contribution is 6.21. The number of imide groups is 1. The van der Waals surface area contributed by atoms with Gasteiger partial charge in [-0.15, -0.1) is 0 Å². The lowest BCUT2D eigenvalue weighted by Crippen LogP contribution is -2.29. The summed E-state index contributed by atoms with van der Waals surface area (Å²) in [4.78, 5) is 29.4. The third-order valence-corrected chi connectivity index (χ3v) is 3.37. The second-order valence-corrected chi connectivity index (χ2v) is 5.20. The van der Waals surface area contributed by atoms with E-state index >= 15 is 0 Å². The number of hydrogen-bond acceptors (Lipinski definition) is 4. The van der Waals surface area contributed by atoms with Gasteiger partial charge in [-0.3, -0.25) is 14.5 Å². The van der Waals surface area contributed by atoms with Crippen molar-refractivity contribution < 1.29 is 18.4 Å². The number of nitrogens with zero attached hydrogens (tertiary/aromatic N) is 2. The van der Waals surface area contributed by atoms with Gasteiger partial charge in [0.1, 0.15) is 18.1 Å². The van der Waals surface area contributed by atoms with Crippen LogP contribution in [0, 0.1) is 5.82 Å². The second-order valence-electron chi connectivity index (χ2n) is 5.20. The van der Waals surface area contributed by atoms with Crippen LogP contribution in [0.25, 0.3) is 0 Å². The van der Waals surface area contributed by atoms with Gasteiger partial charge in [0.2, 0.25) is 5.89 Å². The molecule has 21 heavy (non-hydrogen) atoms. The molecular formula is C15H13FN2O3. The smallest absolute Gasteiger partial charge is 0.262 e. The predicted molar refractivity (Wildman–Crippen MR) is 71.2 cm³/mol. The van der Waals surface area contributed by atoms with Crippen molar-refractivity contribution in [3.05, 3.63) is 53.0 Å². The van der Waals surface area contributed by atoms with E-state index in [4.69, 9.17) is 4.42 Å². The van der Waals surface area contributed by atoms with Crippen LogP contribution in [0.1, 0.15) is 52.1 Å². The maximum atomic E-state index is 13.2. The van der Waals surface area contributed by atoms with Crippen LogP contribution >= 0.6 is 0 Å². The first-order valence-electron chi connectivity index (χ1n) is 6.57. The minimum atomic E-state index is -0.546. The fourth-order valence-electron chi connectivity index (χ4n) is 2.21. The highest BCUT2D eigenvalue weighted by Gasteiger charge is 2.36. The number of oxazole rings is 1. The summed E-state index contributed by atoms with van der Waals surface area (Å²) in [6, 6.07) is 3.56. The molecule has 6 heteroatoms. The Labute approximate surface area is 120 Å². The van der Waals surface area contributed by atoms with Crippen molar-refractivity contribution in [1.29, 1.82) is 0 Å². The Balaban J connectivity index is 1.87. The molecule has 0 unspecified atom stereocenters. The Morgan fingerprint density at radius 3 is 2.62 bits per heavy atom. The number of benzene rings is 1. The quantitative estimate of drug-likeness (QED) is 0.815. The number of carbonyl (C=O) groups is 2. The molecule has 2 amide bonds. The molecular weight excluding hydrogens is 275 g/mol. The van der Waals surface area contributed by atoms with E-state index < -0.39 is 17.6 Å². The first-order chi connectivity index (χ1) is 9.97. The average Bonchev–Trinajstić information content (AvgIpc) is 2.99. The normalized spacial score (nSPS) is 14.2. The molecule has 1 aromatic carbocycles. The molecule has 0 bridgehead atoms. The molecule has 2 aromatic rings. The van der Waals surface area contributed by atoms with Crippen molar-refractivity contribution in [2.24, 2.45) is 0 Å². The van der Waals surface area contributed by atoms with Crippen LogP contribution in [-0.4, -0.2) is 21.7 Å². The molecule has 0 N–H and O–H groups in total. The van der Waals surface area contributed by atoms with Gasteiger partial charge in [-0.25, -0.2) is 9.37 Å². The van der Waals surface area contributed by atoms with Crippen LogP contribution in [0.5, 0.6) is 0 Å². The van der Waals surface area contributed by atoms with Gasteiger partial charge < -0.3 is 4.42 Å². The molecule has 0 fully saturated rings. The lowest BCUT2D eigenvalue weighted by Gasteiger charge is -2.10. The van der Waals surface area contributed by atoms with E-state index in [0.29, 0.717) is 5.76 Å². The van der Waals surface area contributed by atoms with E-state index in [1.807, 2.05) is 13.8 Å². The summed E-state index contributed by atoms with van der Waals surface area (Å²) < 4.78 is 18.7. The molecule has 0 aliphatic carbocycles. The summed E-state index contributed by atoms with van der Waals surface area (Å²) >= 11 is 0. The Morgan fingerprint density at radius 1 is 1.24 bits per heavy atom. The fourth-order valence-corrected chi connectivity index (χ4v) is 2.21. The van der Waals surface area contributed by atoms with E-state index in [1.165, 1.54) is 6.07 Å². The van der Waals surface area contributed by atoms with Crippen molar-refractivity contribution in [3.8, 4) is 0 Å². The van der Waals surface area contributed by atoms with Crippen LogP contribution < -0.4 is 0 Å². The largest absolute Gasteiger partial charge is 0.443 e. The molecule has 108 valence electrons. The topological polar surface area (TPSA) is 63.4 Å². The zero-order valence-corrected chi connectivity index (χ0v) is 11.6. The summed E-state index contributed by atoms with van der Waals surface area (Å²) in [5, 5.41) is 0. The zero-order chi connectivity index (χ0) is 15.1. The summed E-state index contributed by atoms with van der Waals surface area (Å²) in [6.07, 6.45) is 1.58. The van der Waals surface area contributed by atoms with Gasteiger partial charge in [-0.05, 0) is 18.2 Å². The predicted octanol–water partition coefficient (Wildman–Crippen LogP) is 2.73. The van der Waals surface area contributed by atoms with E-state index in [1.54, 1.807) is 6.20 Å².